The van der Waals surface area contributed by atoms with Crippen LogP contribution < -0.4 is 9.62 Å². The van der Waals surface area contributed by atoms with Crippen molar-refractivity contribution in [3.05, 3.63) is 47.5 Å². The van der Waals surface area contributed by atoms with Crippen LogP contribution in [0.15, 0.2) is 47.4 Å². The average Bonchev–Trinajstić information content (AvgIpc) is 3.20. The van der Waals surface area contributed by atoms with E-state index in [1.165, 1.54) is 0 Å². The molecule has 0 aliphatic carbocycles. The first kappa shape index (κ1) is 20.5. The number of halogens is 1. The minimum absolute atomic E-state index is 0.193. The van der Waals surface area contributed by atoms with Crippen LogP contribution in [0.1, 0.15) is 6.42 Å². The zero-order valence-electron chi connectivity index (χ0n) is 15.8. The monoisotopic (exact) mass is 451 g/mol. The first-order chi connectivity index (χ1) is 14.0. The van der Waals surface area contributed by atoms with Crippen molar-refractivity contribution in [3.8, 4) is 0 Å². The van der Waals surface area contributed by atoms with Crippen LogP contribution in [0.2, 0.25) is 5.02 Å². The van der Waals surface area contributed by atoms with Crippen LogP contribution in [0.4, 0.5) is 5.69 Å². The number of aromatic nitrogens is 2. The molecule has 10 heteroatoms. The van der Waals surface area contributed by atoms with Gasteiger partial charge < -0.3 is 4.90 Å². The Morgan fingerprint density at radius 2 is 1.86 bits per heavy atom. The highest BCUT2D eigenvalue weighted by Crippen LogP contribution is 2.22. The molecule has 0 saturated carbocycles. The van der Waals surface area contributed by atoms with E-state index in [4.69, 9.17) is 11.6 Å². The molecule has 4 rings (SSSR count). The van der Waals surface area contributed by atoms with E-state index in [1.807, 2.05) is 18.2 Å². The van der Waals surface area contributed by atoms with E-state index < -0.39 is 10.0 Å². The Bertz CT molecular complexity index is 1080. The third-order valence-corrected chi connectivity index (χ3v) is 7.30. The Balaban J connectivity index is 1.24. The molecule has 1 aliphatic heterocycles. The zero-order chi connectivity index (χ0) is 20.3. The molecule has 7 nitrogen and oxygen atoms in total. The summed E-state index contributed by atoms with van der Waals surface area (Å²) in [7, 11) is -3.59. The number of nitrogens with zero attached hydrogens (tertiary/aromatic N) is 4. The van der Waals surface area contributed by atoms with E-state index in [0.717, 1.165) is 61.6 Å². The van der Waals surface area contributed by atoms with Crippen LogP contribution >= 0.6 is 23.3 Å². The predicted molar refractivity (Wildman–Crippen MR) is 117 cm³/mol. The molecule has 0 amide bonds. The van der Waals surface area contributed by atoms with Gasteiger partial charge in [-0.05, 0) is 43.3 Å². The number of nitrogens with one attached hydrogen (secondary N) is 1. The van der Waals surface area contributed by atoms with E-state index in [2.05, 4.69) is 29.3 Å². The van der Waals surface area contributed by atoms with E-state index in [0.29, 0.717) is 17.6 Å². The minimum Gasteiger partial charge on any atom is -0.369 e. The van der Waals surface area contributed by atoms with E-state index in [9.17, 15) is 8.42 Å². The summed E-state index contributed by atoms with van der Waals surface area (Å²) in [6.45, 7) is 5.01. The van der Waals surface area contributed by atoms with E-state index in [-0.39, 0.29) is 4.90 Å². The largest absolute Gasteiger partial charge is 0.369 e. The molecule has 1 aromatic heterocycles. The summed E-state index contributed by atoms with van der Waals surface area (Å²) in [6, 6.07) is 12.9. The van der Waals surface area contributed by atoms with Crippen LogP contribution in [0, 0.1) is 0 Å². The van der Waals surface area contributed by atoms with Gasteiger partial charge in [-0.25, -0.2) is 13.1 Å². The highest BCUT2D eigenvalue weighted by molar-refractivity contribution is 7.89. The molecule has 1 fully saturated rings. The zero-order valence-corrected chi connectivity index (χ0v) is 18.2. The third-order valence-electron chi connectivity index (χ3n) is 5.03. The van der Waals surface area contributed by atoms with Crippen molar-refractivity contribution in [1.82, 2.24) is 18.4 Å². The number of benzene rings is 2. The third kappa shape index (κ3) is 4.87. The molecule has 3 aromatic rings. The molecule has 1 aliphatic rings. The van der Waals surface area contributed by atoms with Crippen LogP contribution in [-0.2, 0) is 10.0 Å². The van der Waals surface area contributed by atoms with Gasteiger partial charge in [-0.3, -0.25) is 4.90 Å². The van der Waals surface area contributed by atoms with Gasteiger partial charge in [0.2, 0.25) is 10.0 Å². The molecular weight excluding hydrogens is 430 g/mol. The molecule has 0 spiro atoms. The van der Waals surface area contributed by atoms with Crippen LogP contribution in [0.25, 0.3) is 11.0 Å². The lowest BCUT2D eigenvalue weighted by Crippen LogP contribution is -2.47. The van der Waals surface area contributed by atoms with Gasteiger partial charge in [0.1, 0.15) is 15.9 Å². The van der Waals surface area contributed by atoms with Gasteiger partial charge in [0.05, 0.1) is 11.7 Å². The van der Waals surface area contributed by atoms with E-state index in [1.54, 1.807) is 18.2 Å². The van der Waals surface area contributed by atoms with Crippen molar-refractivity contribution in [1.29, 1.82) is 0 Å². The summed E-state index contributed by atoms with van der Waals surface area (Å²) >= 11 is 7.10. The van der Waals surface area contributed by atoms with Crippen molar-refractivity contribution in [2.45, 2.75) is 11.3 Å². The maximum atomic E-state index is 12.6. The normalized spacial score (nSPS) is 15.8. The highest BCUT2D eigenvalue weighted by Gasteiger charge is 2.20. The number of anilines is 1. The second-order valence-electron chi connectivity index (χ2n) is 6.95. The maximum Gasteiger partial charge on any atom is 0.242 e. The number of sulfonamides is 1. The van der Waals surface area contributed by atoms with Gasteiger partial charge >= 0.3 is 0 Å². The molecule has 0 atom stereocenters. The lowest BCUT2D eigenvalue weighted by Gasteiger charge is -2.36. The Morgan fingerprint density at radius 1 is 1.07 bits per heavy atom. The van der Waals surface area contributed by atoms with Gasteiger partial charge in [-0.15, -0.1) is 0 Å². The Labute approximate surface area is 179 Å². The van der Waals surface area contributed by atoms with Gasteiger partial charge in [0.15, 0.2) is 0 Å². The molecule has 2 heterocycles. The summed E-state index contributed by atoms with van der Waals surface area (Å²) in [5, 5.41) is 0.751. The SMILES string of the molecule is O=S(=O)(NCCCN1CCN(c2cccc(Cl)c2)CC1)c1cccc2nsnc12. The van der Waals surface area contributed by atoms with Crippen molar-refractivity contribution < 1.29 is 8.42 Å². The first-order valence-electron chi connectivity index (χ1n) is 9.47. The molecule has 0 bridgehead atoms. The summed E-state index contributed by atoms with van der Waals surface area (Å²) in [6.07, 6.45) is 0.752. The molecule has 154 valence electrons. The van der Waals surface area contributed by atoms with Gasteiger partial charge in [0.25, 0.3) is 0 Å². The van der Waals surface area contributed by atoms with Crippen molar-refractivity contribution >= 4 is 50.1 Å². The molecule has 0 radical (unpaired) electrons. The summed E-state index contributed by atoms with van der Waals surface area (Å²) in [5.41, 5.74) is 2.19. The molecular formula is C19H22ClN5O2S2. The summed E-state index contributed by atoms with van der Waals surface area (Å²) < 4.78 is 36.1. The van der Waals surface area contributed by atoms with Crippen molar-refractivity contribution in [2.75, 3.05) is 44.2 Å². The Hall–Kier alpha value is -1.78. The minimum atomic E-state index is -3.59. The highest BCUT2D eigenvalue weighted by atomic mass is 35.5. The fourth-order valence-electron chi connectivity index (χ4n) is 3.49. The number of piperazine rings is 1. The van der Waals surface area contributed by atoms with Crippen LogP contribution in [0.5, 0.6) is 0 Å². The summed E-state index contributed by atoms with van der Waals surface area (Å²) in [5.74, 6) is 0. The fourth-order valence-corrected chi connectivity index (χ4v) is 5.51. The quantitative estimate of drug-likeness (QED) is 0.556. The number of hydrogen-bond donors (Lipinski definition) is 1. The molecule has 0 unspecified atom stereocenters. The molecule has 1 N–H and O–H groups in total. The molecule has 29 heavy (non-hydrogen) atoms. The lowest BCUT2D eigenvalue weighted by atomic mass is 10.2. The first-order valence-corrected chi connectivity index (χ1v) is 12.1. The molecule has 1 saturated heterocycles. The predicted octanol–water partition coefficient (Wildman–Crippen LogP) is 2.84. The van der Waals surface area contributed by atoms with Crippen LogP contribution in [0.3, 0.4) is 0 Å². The standard InChI is InChI=1S/C19H22ClN5O2S2/c20-15-4-1-5-16(14-15)25-12-10-24(11-13-25)9-3-8-21-29(26,27)18-7-2-6-17-19(18)23-28-22-17/h1-2,4-7,14,21H,3,8-13H2. The summed E-state index contributed by atoms with van der Waals surface area (Å²) in [4.78, 5) is 4.88. The van der Waals surface area contributed by atoms with Crippen LogP contribution in [-0.4, -0.2) is 61.3 Å². The number of rotatable bonds is 7. The Kier molecular flexibility index (Phi) is 6.31. The van der Waals surface area contributed by atoms with Gasteiger partial charge in [-0.1, -0.05) is 23.7 Å². The van der Waals surface area contributed by atoms with Crippen molar-refractivity contribution in [2.24, 2.45) is 0 Å². The van der Waals surface area contributed by atoms with Crippen molar-refractivity contribution in [3.63, 3.8) is 0 Å². The van der Waals surface area contributed by atoms with E-state index >= 15 is 0 Å². The lowest BCUT2D eigenvalue weighted by molar-refractivity contribution is 0.255. The smallest absolute Gasteiger partial charge is 0.242 e. The number of fused-ring (bicyclic) bond motifs is 1. The van der Waals surface area contributed by atoms with Gasteiger partial charge in [0, 0.05) is 43.4 Å². The second kappa shape index (κ2) is 8.93. The molecule has 2 aromatic carbocycles. The topological polar surface area (TPSA) is 78.4 Å². The Morgan fingerprint density at radius 3 is 2.66 bits per heavy atom. The number of hydrogen-bond acceptors (Lipinski definition) is 7. The second-order valence-corrected chi connectivity index (χ2v) is 9.65. The van der Waals surface area contributed by atoms with Gasteiger partial charge in [-0.2, -0.15) is 8.75 Å². The fraction of sp³-hybridized carbons (Fsp3) is 0.368. The average molecular weight is 452 g/mol. The maximum absolute atomic E-state index is 12.6.